The Morgan fingerprint density at radius 1 is 1.40 bits per heavy atom. The molecule has 0 aliphatic carbocycles. The van der Waals surface area contributed by atoms with Crippen LogP contribution in [0.5, 0.6) is 0 Å². The predicted molar refractivity (Wildman–Crippen MR) is 61.9 cm³/mol. The molecule has 0 radical (unpaired) electrons. The summed E-state index contributed by atoms with van der Waals surface area (Å²) in [5, 5.41) is 13.7. The van der Waals surface area contributed by atoms with Gasteiger partial charge in [0, 0.05) is 13.1 Å². The van der Waals surface area contributed by atoms with Crippen LogP contribution in [0.3, 0.4) is 0 Å². The lowest BCUT2D eigenvalue weighted by molar-refractivity contribution is -0.0165. The second-order valence-corrected chi connectivity index (χ2v) is 5.27. The molecule has 0 bridgehead atoms. The molecule has 0 aromatic carbocycles. The van der Waals surface area contributed by atoms with Crippen LogP contribution in [-0.2, 0) is 0 Å². The Kier molecular flexibility index (Phi) is 3.65. The van der Waals surface area contributed by atoms with Crippen molar-refractivity contribution in [3.05, 3.63) is 0 Å². The first-order chi connectivity index (χ1) is 7.22. The highest BCUT2D eigenvalue weighted by Crippen LogP contribution is 2.25. The zero-order valence-corrected chi connectivity index (χ0v) is 9.84. The lowest BCUT2D eigenvalue weighted by Crippen LogP contribution is -2.49. The number of piperidine rings is 1. The Labute approximate surface area is 92.8 Å². The molecule has 3 nitrogen and oxygen atoms in total. The lowest BCUT2D eigenvalue weighted by Gasteiger charge is -2.35. The van der Waals surface area contributed by atoms with Gasteiger partial charge in [-0.15, -0.1) is 0 Å². The third-order valence-corrected chi connectivity index (χ3v) is 4.00. The highest BCUT2D eigenvalue weighted by atomic mass is 16.3. The lowest BCUT2D eigenvalue weighted by atomic mass is 9.92. The molecular formula is C12H24N2O. The van der Waals surface area contributed by atoms with Gasteiger partial charge in [-0.3, -0.25) is 0 Å². The van der Waals surface area contributed by atoms with Gasteiger partial charge in [0.2, 0.25) is 0 Å². The van der Waals surface area contributed by atoms with E-state index in [1.54, 1.807) is 0 Å². The van der Waals surface area contributed by atoms with Gasteiger partial charge in [-0.1, -0.05) is 13.3 Å². The number of aliphatic hydroxyl groups is 1. The fraction of sp³-hybridized carbons (Fsp3) is 1.00. The van der Waals surface area contributed by atoms with E-state index in [-0.39, 0.29) is 0 Å². The third-order valence-electron chi connectivity index (χ3n) is 4.00. The molecule has 2 aliphatic heterocycles. The molecule has 15 heavy (non-hydrogen) atoms. The molecule has 2 saturated heterocycles. The second kappa shape index (κ2) is 4.81. The largest absolute Gasteiger partial charge is 0.388 e. The SMILES string of the molecule is CCC1CCN(CC2(O)CCNCC2)C1. The Morgan fingerprint density at radius 3 is 2.73 bits per heavy atom. The normalized spacial score (nSPS) is 32.0. The molecule has 1 unspecified atom stereocenters. The number of nitrogens with zero attached hydrogens (tertiary/aromatic N) is 1. The van der Waals surface area contributed by atoms with Crippen LogP contribution in [0, 0.1) is 5.92 Å². The van der Waals surface area contributed by atoms with E-state index < -0.39 is 5.60 Å². The highest BCUT2D eigenvalue weighted by molar-refractivity contribution is 4.89. The topological polar surface area (TPSA) is 35.5 Å². The van der Waals surface area contributed by atoms with Gasteiger partial charge >= 0.3 is 0 Å². The first kappa shape index (κ1) is 11.4. The fourth-order valence-electron chi connectivity index (χ4n) is 2.86. The van der Waals surface area contributed by atoms with E-state index in [1.807, 2.05) is 0 Å². The summed E-state index contributed by atoms with van der Waals surface area (Å²) in [5.74, 6) is 0.871. The van der Waals surface area contributed by atoms with Crippen LogP contribution in [-0.4, -0.2) is 48.3 Å². The molecule has 0 saturated carbocycles. The van der Waals surface area contributed by atoms with Gasteiger partial charge in [-0.05, 0) is 44.8 Å². The molecule has 2 N–H and O–H groups in total. The van der Waals surface area contributed by atoms with Gasteiger partial charge in [0.25, 0.3) is 0 Å². The summed E-state index contributed by atoms with van der Waals surface area (Å²) in [4.78, 5) is 2.46. The third kappa shape index (κ3) is 2.92. The van der Waals surface area contributed by atoms with Crippen LogP contribution >= 0.6 is 0 Å². The minimum absolute atomic E-state index is 0.409. The summed E-state index contributed by atoms with van der Waals surface area (Å²) < 4.78 is 0. The zero-order chi connectivity index (χ0) is 10.7. The van der Waals surface area contributed by atoms with Gasteiger partial charge in [0.05, 0.1) is 5.60 Å². The second-order valence-electron chi connectivity index (χ2n) is 5.27. The number of hydrogen-bond acceptors (Lipinski definition) is 3. The van der Waals surface area contributed by atoms with Crippen molar-refractivity contribution in [2.45, 2.75) is 38.2 Å². The molecule has 88 valence electrons. The Bertz CT molecular complexity index is 202. The van der Waals surface area contributed by atoms with Crippen molar-refractivity contribution >= 4 is 0 Å². The first-order valence-corrected chi connectivity index (χ1v) is 6.37. The quantitative estimate of drug-likeness (QED) is 0.727. The van der Waals surface area contributed by atoms with E-state index >= 15 is 0 Å². The minimum atomic E-state index is -0.409. The van der Waals surface area contributed by atoms with E-state index in [2.05, 4.69) is 17.1 Å². The molecule has 0 spiro atoms. The maximum absolute atomic E-state index is 10.4. The van der Waals surface area contributed by atoms with E-state index in [0.717, 1.165) is 38.4 Å². The van der Waals surface area contributed by atoms with E-state index in [9.17, 15) is 5.11 Å². The van der Waals surface area contributed by atoms with Gasteiger partial charge in [-0.25, -0.2) is 0 Å². The molecule has 0 aromatic heterocycles. The summed E-state index contributed by atoms with van der Waals surface area (Å²) in [7, 11) is 0. The maximum Gasteiger partial charge on any atom is 0.0798 e. The standard InChI is InChI=1S/C12H24N2O/c1-2-11-3-8-14(9-11)10-12(15)4-6-13-7-5-12/h11,13,15H,2-10H2,1H3. The van der Waals surface area contributed by atoms with Crippen molar-refractivity contribution < 1.29 is 5.11 Å². The number of β-amino-alcohol motifs (C(OH)–C–C–N with tert-alkyl or cyclic N) is 1. The molecule has 2 aliphatic rings. The van der Waals surface area contributed by atoms with Crippen molar-refractivity contribution in [3.63, 3.8) is 0 Å². The first-order valence-electron chi connectivity index (χ1n) is 6.37. The van der Waals surface area contributed by atoms with Gasteiger partial charge in [0.1, 0.15) is 0 Å². The fourth-order valence-corrected chi connectivity index (χ4v) is 2.86. The van der Waals surface area contributed by atoms with Crippen LogP contribution in [0.15, 0.2) is 0 Å². The molecule has 0 aromatic rings. The van der Waals surface area contributed by atoms with Gasteiger partial charge < -0.3 is 15.3 Å². The zero-order valence-electron chi connectivity index (χ0n) is 9.84. The van der Waals surface area contributed by atoms with Crippen LogP contribution in [0.1, 0.15) is 32.6 Å². The van der Waals surface area contributed by atoms with Crippen LogP contribution in [0.4, 0.5) is 0 Å². The number of nitrogens with one attached hydrogen (secondary N) is 1. The molecule has 0 amide bonds. The summed E-state index contributed by atoms with van der Waals surface area (Å²) >= 11 is 0. The van der Waals surface area contributed by atoms with Gasteiger partial charge in [0.15, 0.2) is 0 Å². The summed E-state index contributed by atoms with van der Waals surface area (Å²) in [6, 6.07) is 0. The number of hydrogen-bond donors (Lipinski definition) is 2. The molecule has 2 fully saturated rings. The van der Waals surface area contributed by atoms with Crippen molar-refractivity contribution in [2.75, 3.05) is 32.7 Å². The van der Waals surface area contributed by atoms with Crippen LogP contribution in [0.25, 0.3) is 0 Å². The molecular weight excluding hydrogens is 188 g/mol. The Morgan fingerprint density at radius 2 is 2.13 bits per heavy atom. The van der Waals surface area contributed by atoms with Crippen LogP contribution < -0.4 is 5.32 Å². The van der Waals surface area contributed by atoms with Crippen molar-refractivity contribution in [2.24, 2.45) is 5.92 Å². The van der Waals surface area contributed by atoms with Crippen molar-refractivity contribution in [1.82, 2.24) is 10.2 Å². The highest BCUT2D eigenvalue weighted by Gasteiger charge is 2.33. The summed E-state index contributed by atoms with van der Waals surface area (Å²) in [6.45, 7) is 7.50. The Hall–Kier alpha value is -0.120. The monoisotopic (exact) mass is 212 g/mol. The molecule has 2 rings (SSSR count). The number of likely N-dealkylation sites (tertiary alicyclic amines) is 1. The van der Waals surface area contributed by atoms with E-state index in [0.29, 0.717) is 0 Å². The number of rotatable bonds is 3. The maximum atomic E-state index is 10.4. The van der Waals surface area contributed by atoms with Crippen molar-refractivity contribution in [3.8, 4) is 0 Å². The van der Waals surface area contributed by atoms with E-state index in [1.165, 1.54) is 25.9 Å². The molecule has 2 heterocycles. The summed E-state index contributed by atoms with van der Waals surface area (Å²) in [6.07, 6.45) is 4.45. The molecule has 3 heteroatoms. The van der Waals surface area contributed by atoms with Crippen molar-refractivity contribution in [1.29, 1.82) is 0 Å². The Balaban J connectivity index is 1.80. The molecule has 1 atom stereocenters. The average Bonchev–Trinajstić information content (AvgIpc) is 2.66. The van der Waals surface area contributed by atoms with Crippen LogP contribution in [0.2, 0.25) is 0 Å². The summed E-state index contributed by atoms with van der Waals surface area (Å²) in [5.41, 5.74) is -0.409. The van der Waals surface area contributed by atoms with E-state index in [4.69, 9.17) is 0 Å². The predicted octanol–water partition coefficient (Wildman–Crippen LogP) is 0.833. The smallest absolute Gasteiger partial charge is 0.0798 e. The van der Waals surface area contributed by atoms with Gasteiger partial charge in [-0.2, -0.15) is 0 Å². The average molecular weight is 212 g/mol. The minimum Gasteiger partial charge on any atom is -0.388 e.